The molecule has 0 fully saturated rings. The van der Waals surface area contributed by atoms with Gasteiger partial charge in [0.15, 0.2) is 0 Å². The molecule has 20 heavy (non-hydrogen) atoms. The number of hydrogen-bond donors (Lipinski definition) is 0. The van der Waals surface area contributed by atoms with Gasteiger partial charge in [-0.05, 0) is 29.6 Å². The lowest BCUT2D eigenvalue weighted by atomic mass is 10.1. The molecular formula is C17H28O2Si. The zero-order valence-electron chi connectivity index (χ0n) is 13.2. The third-order valence-corrected chi connectivity index (χ3v) is 7.57. The lowest BCUT2D eigenvalue weighted by Gasteiger charge is -2.28. The Kier molecular flexibility index (Phi) is 7.81. The van der Waals surface area contributed by atoms with Crippen molar-refractivity contribution in [1.29, 1.82) is 0 Å². The van der Waals surface area contributed by atoms with Crippen LogP contribution in [0.4, 0.5) is 0 Å². The van der Waals surface area contributed by atoms with E-state index in [1.54, 1.807) is 0 Å². The first-order chi connectivity index (χ1) is 9.69. The molecule has 0 atom stereocenters. The average Bonchev–Trinajstić information content (AvgIpc) is 2.48. The first-order valence-electron chi connectivity index (χ1n) is 7.60. The standard InChI is InChI=1S/C17H28O2Si/c1-5-13-20(18-4,14-6-2)19-12-11-17-10-8-9-16(7-3)15-17/h7-10,15H,3,5-6,11-14H2,1-2,4H3. The summed E-state index contributed by atoms with van der Waals surface area (Å²) in [5.41, 5.74) is 2.47. The van der Waals surface area contributed by atoms with E-state index < -0.39 is 8.56 Å². The average molecular weight is 292 g/mol. The van der Waals surface area contributed by atoms with Gasteiger partial charge in [-0.25, -0.2) is 0 Å². The van der Waals surface area contributed by atoms with Crippen molar-refractivity contribution in [3.63, 3.8) is 0 Å². The van der Waals surface area contributed by atoms with Gasteiger partial charge in [0.25, 0.3) is 0 Å². The molecule has 0 aliphatic carbocycles. The molecule has 0 aliphatic rings. The Morgan fingerprint density at radius 3 is 2.45 bits per heavy atom. The zero-order chi connectivity index (χ0) is 14.8. The largest absolute Gasteiger partial charge is 0.398 e. The predicted octanol–water partition coefficient (Wildman–Crippen LogP) is 4.80. The highest BCUT2D eigenvalue weighted by atomic mass is 28.4. The summed E-state index contributed by atoms with van der Waals surface area (Å²) < 4.78 is 12.0. The van der Waals surface area contributed by atoms with E-state index >= 15 is 0 Å². The van der Waals surface area contributed by atoms with Crippen LogP contribution in [0.15, 0.2) is 30.8 Å². The fraction of sp³-hybridized carbons (Fsp3) is 0.529. The molecule has 0 N–H and O–H groups in total. The Labute approximate surface area is 125 Å². The normalized spacial score (nSPS) is 11.6. The Bertz CT molecular complexity index is 398. The summed E-state index contributed by atoms with van der Waals surface area (Å²) in [4.78, 5) is 0. The van der Waals surface area contributed by atoms with Crippen molar-refractivity contribution in [1.82, 2.24) is 0 Å². The lowest BCUT2D eigenvalue weighted by Crippen LogP contribution is -2.41. The second kappa shape index (κ2) is 9.11. The van der Waals surface area contributed by atoms with Crippen LogP contribution in [0.2, 0.25) is 12.1 Å². The van der Waals surface area contributed by atoms with Gasteiger partial charge in [0.1, 0.15) is 0 Å². The van der Waals surface area contributed by atoms with Crippen LogP contribution < -0.4 is 0 Å². The van der Waals surface area contributed by atoms with Crippen LogP contribution in [0.5, 0.6) is 0 Å². The highest BCUT2D eigenvalue weighted by Gasteiger charge is 2.34. The lowest BCUT2D eigenvalue weighted by molar-refractivity contribution is 0.199. The van der Waals surface area contributed by atoms with Crippen molar-refractivity contribution in [3.8, 4) is 0 Å². The van der Waals surface area contributed by atoms with E-state index in [2.05, 4.69) is 44.7 Å². The van der Waals surface area contributed by atoms with Crippen molar-refractivity contribution in [3.05, 3.63) is 42.0 Å². The number of benzene rings is 1. The summed E-state index contributed by atoms with van der Waals surface area (Å²) in [6.45, 7) is 8.96. The SMILES string of the molecule is C=Cc1cccc(CCO[Si](CCC)(CCC)OC)c1. The fourth-order valence-corrected chi connectivity index (χ4v) is 5.59. The van der Waals surface area contributed by atoms with Crippen LogP contribution in [0.25, 0.3) is 6.08 Å². The van der Waals surface area contributed by atoms with Gasteiger partial charge in [-0.1, -0.05) is 63.6 Å². The minimum atomic E-state index is -1.97. The van der Waals surface area contributed by atoms with Crippen LogP contribution >= 0.6 is 0 Å². The molecule has 0 saturated heterocycles. The van der Waals surface area contributed by atoms with E-state index in [1.807, 2.05) is 13.2 Å². The van der Waals surface area contributed by atoms with Gasteiger partial charge in [0.2, 0.25) is 0 Å². The molecule has 112 valence electrons. The van der Waals surface area contributed by atoms with Crippen molar-refractivity contribution in [2.24, 2.45) is 0 Å². The molecule has 0 spiro atoms. The second-order valence-corrected chi connectivity index (χ2v) is 8.68. The summed E-state index contributed by atoms with van der Waals surface area (Å²) in [5.74, 6) is 0. The van der Waals surface area contributed by atoms with E-state index in [4.69, 9.17) is 8.85 Å². The maximum Gasteiger partial charge on any atom is 0.337 e. The van der Waals surface area contributed by atoms with Crippen LogP contribution in [-0.2, 0) is 15.3 Å². The summed E-state index contributed by atoms with van der Waals surface area (Å²) in [6, 6.07) is 10.6. The van der Waals surface area contributed by atoms with E-state index in [0.717, 1.165) is 38.0 Å². The number of rotatable bonds is 10. The first kappa shape index (κ1) is 17.1. The molecular weight excluding hydrogens is 264 g/mol. The highest BCUT2D eigenvalue weighted by molar-refractivity contribution is 6.67. The van der Waals surface area contributed by atoms with E-state index in [9.17, 15) is 0 Å². The predicted molar refractivity (Wildman–Crippen MR) is 89.1 cm³/mol. The van der Waals surface area contributed by atoms with Gasteiger partial charge in [0.05, 0.1) is 0 Å². The van der Waals surface area contributed by atoms with Crippen molar-refractivity contribution in [2.75, 3.05) is 13.7 Å². The Morgan fingerprint density at radius 1 is 1.20 bits per heavy atom. The molecule has 0 amide bonds. The first-order valence-corrected chi connectivity index (χ1v) is 9.83. The second-order valence-electron chi connectivity index (χ2n) is 5.16. The smallest absolute Gasteiger partial charge is 0.337 e. The third-order valence-electron chi connectivity index (χ3n) is 3.58. The van der Waals surface area contributed by atoms with E-state index in [0.29, 0.717) is 0 Å². The summed E-state index contributed by atoms with van der Waals surface area (Å²) in [6.07, 6.45) is 5.08. The molecule has 0 saturated carbocycles. The third kappa shape index (κ3) is 5.23. The zero-order valence-corrected chi connectivity index (χ0v) is 14.2. The molecule has 1 aromatic rings. The van der Waals surface area contributed by atoms with Crippen molar-refractivity contribution >= 4 is 14.6 Å². The van der Waals surface area contributed by atoms with Gasteiger partial charge in [-0.2, -0.15) is 0 Å². The maximum atomic E-state index is 6.23. The minimum Gasteiger partial charge on any atom is -0.398 e. The molecule has 0 heterocycles. The molecule has 0 radical (unpaired) electrons. The number of hydrogen-bond acceptors (Lipinski definition) is 2. The highest BCUT2D eigenvalue weighted by Crippen LogP contribution is 2.22. The monoisotopic (exact) mass is 292 g/mol. The van der Waals surface area contributed by atoms with Crippen LogP contribution in [0.1, 0.15) is 37.8 Å². The van der Waals surface area contributed by atoms with Crippen LogP contribution in [0, 0.1) is 0 Å². The molecule has 0 aromatic heterocycles. The van der Waals surface area contributed by atoms with Gasteiger partial charge >= 0.3 is 8.56 Å². The fourth-order valence-electron chi connectivity index (χ4n) is 2.52. The van der Waals surface area contributed by atoms with Crippen molar-refractivity contribution in [2.45, 2.75) is 45.2 Å². The van der Waals surface area contributed by atoms with Crippen LogP contribution in [-0.4, -0.2) is 22.3 Å². The molecule has 0 bridgehead atoms. The van der Waals surface area contributed by atoms with E-state index in [1.165, 1.54) is 11.1 Å². The Hall–Kier alpha value is -0.903. The molecule has 1 aromatic carbocycles. The Morgan fingerprint density at radius 2 is 1.90 bits per heavy atom. The molecule has 0 aliphatic heterocycles. The molecule has 1 rings (SSSR count). The van der Waals surface area contributed by atoms with Crippen LogP contribution in [0.3, 0.4) is 0 Å². The van der Waals surface area contributed by atoms with E-state index in [-0.39, 0.29) is 0 Å². The summed E-state index contributed by atoms with van der Waals surface area (Å²) in [7, 11) is -0.150. The van der Waals surface area contributed by atoms with Crippen molar-refractivity contribution < 1.29 is 8.85 Å². The molecule has 0 unspecified atom stereocenters. The van der Waals surface area contributed by atoms with Gasteiger partial charge < -0.3 is 8.85 Å². The summed E-state index contributed by atoms with van der Waals surface area (Å²) >= 11 is 0. The molecule has 3 heteroatoms. The summed E-state index contributed by atoms with van der Waals surface area (Å²) in [5, 5.41) is 0. The Balaban J connectivity index is 2.56. The van der Waals surface area contributed by atoms with Gasteiger partial charge in [0, 0.05) is 13.7 Å². The minimum absolute atomic E-state index is 0.751. The quantitative estimate of drug-likeness (QED) is 0.577. The maximum absolute atomic E-state index is 6.23. The molecule has 2 nitrogen and oxygen atoms in total. The van der Waals surface area contributed by atoms with Gasteiger partial charge in [-0.3, -0.25) is 0 Å². The van der Waals surface area contributed by atoms with Gasteiger partial charge in [-0.15, -0.1) is 0 Å². The topological polar surface area (TPSA) is 18.5 Å².